The van der Waals surface area contributed by atoms with Crippen LogP contribution >= 0.6 is 0 Å². The molecule has 0 aliphatic carbocycles. The number of hydrogen-bond acceptors (Lipinski definition) is 4. The van der Waals surface area contributed by atoms with Crippen molar-refractivity contribution in [3.8, 4) is 0 Å². The van der Waals surface area contributed by atoms with Crippen LogP contribution in [-0.4, -0.2) is 51.5 Å². The largest absolute Gasteiger partial charge is 0.444 e. The Bertz CT molecular complexity index is 1190. The zero-order valence-corrected chi connectivity index (χ0v) is 17.9. The van der Waals surface area contributed by atoms with Crippen LogP contribution in [0.15, 0.2) is 41.5 Å². The maximum atomic E-state index is 14.0. The Morgan fingerprint density at radius 2 is 1.69 bits per heavy atom. The van der Waals surface area contributed by atoms with Gasteiger partial charge >= 0.3 is 6.09 Å². The molecular formula is C22H23F2N5O3. The molecule has 10 heteroatoms. The fourth-order valence-electron chi connectivity index (χ4n) is 4.23. The van der Waals surface area contributed by atoms with Gasteiger partial charge in [0, 0.05) is 39.8 Å². The second-order valence-corrected chi connectivity index (χ2v) is 8.91. The average molecular weight is 443 g/mol. The summed E-state index contributed by atoms with van der Waals surface area (Å²) < 4.78 is 35.2. The van der Waals surface area contributed by atoms with Crippen LogP contribution in [0.3, 0.4) is 0 Å². The van der Waals surface area contributed by atoms with E-state index in [1.54, 1.807) is 37.5 Å². The summed E-state index contributed by atoms with van der Waals surface area (Å²) in [5, 5.41) is 15.7. The number of likely N-dealkylation sites (tertiary alicyclic amines) is 1. The van der Waals surface area contributed by atoms with Crippen molar-refractivity contribution < 1.29 is 23.4 Å². The van der Waals surface area contributed by atoms with Gasteiger partial charge in [0.05, 0.1) is 18.2 Å². The predicted octanol–water partition coefficient (Wildman–Crippen LogP) is 4.90. The lowest BCUT2D eigenvalue weighted by Crippen LogP contribution is -2.54. The van der Waals surface area contributed by atoms with E-state index in [4.69, 9.17) is 10.3 Å². The Morgan fingerprint density at radius 1 is 1.12 bits per heavy atom. The molecule has 0 bridgehead atoms. The van der Waals surface area contributed by atoms with Gasteiger partial charge in [-0.3, -0.25) is 0 Å². The summed E-state index contributed by atoms with van der Waals surface area (Å²) in [6.45, 7) is 5.25. The maximum absolute atomic E-state index is 14.0. The number of azide groups is 1. The van der Waals surface area contributed by atoms with E-state index >= 15 is 0 Å². The second-order valence-electron chi connectivity index (χ2n) is 8.91. The quantitative estimate of drug-likeness (QED) is 0.346. The molecular weight excluding hydrogens is 420 g/mol. The Labute approximate surface area is 182 Å². The summed E-state index contributed by atoms with van der Waals surface area (Å²) in [5.74, 6) is -0.959. The number of aliphatic hydroxyl groups excluding tert-OH is 1. The van der Waals surface area contributed by atoms with Crippen LogP contribution in [0.4, 0.5) is 13.6 Å². The SMILES string of the molecule is CC(C)(C)OC(=O)N1C[C@@H](N=[N+]=[N-])[C@H](O)[C@@H](n2c3ccc(F)cc3c3cc(F)ccc32)C1. The van der Waals surface area contributed by atoms with Gasteiger partial charge in [-0.1, -0.05) is 5.11 Å². The number of hydrogen-bond donors (Lipinski definition) is 1. The molecule has 168 valence electrons. The molecule has 4 rings (SSSR count). The van der Waals surface area contributed by atoms with Gasteiger partial charge < -0.3 is 19.3 Å². The zero-order valence-electron chi connectivity index (χ0n) is 17.9. The second kappa shape index (κ2) is 7.96. The number of rotatable bonds is 2. The van der Waals surface area contributed by atoms with E-state index < -0.39 is 41.5 Å². The number of benzene rings is 2. The van der Waals surface area contributed by atoms with Gasteiger partial charge in [-0.15, -0.1) is 0 Å². The van der Waals surface area contributed by atoms with Crippen LogP contribution in [0.5, 0.6) is 0 Å². The Balaban J connectivity index is 1.87. The molecule has 1 saturated heterocycles. The number of halogens is 2. The lowest BCUT2D eigenvalue weighted by molar-refractivity contribution is -0.0119. The zero-order chi connectivity index (χ0) is 23.2. The first-order chi connectivity index (χ1) is 15.1. The first kappa shape index (κ1) is 21.9. The molecule has 1 amide bonds. The average Bonchev–Trinajstić information content (AvgIpc) is 3.01. The molecule has 1 aliphatic rings. The minimum atomic E-state index is -1.14. The van der Waals surface area contributed by atoms with Crippen molar-refractivity contribution >= 4 is 27.9 Å². The van der Waals surface area contributed by atoms with Crippen LogP contribution in [0.25, 0.3) is 32.2 Å². The van der Waals surface area contributed by atoms with Crippen molar-refractivity contribution in [2.45, 2.75) is 44.6 Å². The minimum absolute atomic E-state index is 0.0168. The Kier molecular flexibility index (Phi) is 5.44. The fourth-order valence-corrected chi connectivity index (χ4v) is 4.23. The smallest absolute Gasteiger partial charge is 0.410 e. The van der Waals surface area contributed by atoms with Gasteiger partial charge in [0.15, 0.2) is 0 Å². The monoisotopic (exact) mass is 443 g/mol. The number of carbonyl (C=O) groups excluding carboxylic acids is 1. The molecule has 1 fully saturated rings. The number of piperidine rings is 1. The van der Waals surface area contributed by atoms with Gasteiger partial charge in [0.1, 0.15) is 17.2 Å². The standard InChI is InChI=1S/C22H23F2N5O3/c1-22(2,3)32-21(31)28-10-16(26-27-25)20(30)19(11-28)29-17-6-4-12(23)8-14(17)15-9-13(24)5-7-18(15)29/h4-9,16,19-20,30H,10-11H2,1-3H3/t16-,19+,20+/m1/s1. The molecule has 3 aromatic rings. The summed E-state index contributed by atoms with van der Waals surface area (Å²) >= 11 is 0. The van der Waals surface area contributed by atoms with Crippen molar-refractivity contribution in [1.29, 1.82) is 0 Å². The third-order valence-corrected chi connectivity index (χ3v) is 5.51. The predicted molar refractivity (Wildman–Crippen MR) is 115 cm³/mol. The van der Waals surface area contributed by atoms with Gasteiger partial charge in [-0.05, 0) is 62.7 Å². The van der Waals surface area contributed by atoms with E-state index in [1.807, 2.05) is 0 Å². The number of nitrogens with zero attached hydrogens (tertiary/aromatic N) is 5. The van der Waals surface area contributed by atoms with E-state index in [1.165, 1.54) is 29.2 Å². The number of ether oxygens (including phenoxy) is 1. The highest BCUT2D eigenvalue weighted by Gasteiger charge is 2.40. The van der Waals surface area contributed by atoms with Gasteiger partial charge in [-0.2, -0.15) is 0 Å². The molecule has 2 aromatic carbocycles. The molecule has 8 nitrogen and oxygen atoms in total. The van der Waals surface area contributed by atoms with Crippen molar-refractivity contribution in [3.05, 3.63) is 58.5 Å². The van der Waals surface area contributed by atoms with Gasteiger partial charge in [0.25, 0.3) is 0 Å². The molecule has 2 heterocycles. The number of fused-ring (bicyclic) bond motifs is 3. The fraction of sp³-hybridized carbons (Fsp3) is 0.409. The van der Waals surface area contributed by atoms with Crippen LogP contribution in [0.1, 0.15) is 26.8 Å². The highest BCUT2D eigenvalue weighted by molar-refractivity contribution is 6.08. The van der Waals surface area contributed by atoms with E-state index in [0.29, 0.717) is 21.8 Å². The summed E-state index contributed by atoms with van der Waals surface area (Å²) in [7, 11) is 0. The van der Waals surface area contributed by atoms with E-state index in [-0.39, 0.29) is 13.1 Å². The lowest BCUT2D eigenvalue weighted by Gasteiger charge is -2.41. The van der Waals surface area contributed by atoms with Crippen LogP contribution < -0.4 is 0 Å². The lowest BCUT2D eigenvalue weighted by atomic mass is 9.97. The van der Waals surface area contributed by atoms with Crippen molar-refractivity contribution in [2.75, 3.05) is 13.1 Å². The van der Waals surface area contributed by atoms with Gasteiger partial charge in [0.2, 0.25) is 0 Å². The Morgan fingerprint density at radius 3 is 2.19 bits per heavy atom. The molecule has 0 radical (unpaired) electrons. The minimum Gasteiger partial charge on any atom is -0.444 e. The van der Waals surface area contributed by atoms with Gasteiger partial charge in [-0.25, -0.2) is 13.6 Å². The van der Waals surface area contributed by atoms with Crippen LogP contribution in [-0.2, 0) is 4.74 Å². The normalized spacial score (nSPS) is 21.6. The number of carbonyl (C=O) groups is 1. The molecule has 3 atom stereocenters. The molecule has 32 heavy (non-hydrogen) atoms. The first-order valence-electron chi connectivity index (χ1n) is 10.2. The molecule has 1 N–H and O–H groups in total. The maximum Gasteiger partial charge on any atom is 0.410 e. The van der Waals surface area contributed by atoms with Crippen molar-refractivity contribution in [1.82, 2.24) is 9.47 Å². The summed E-state index contributed by atoms with van der Waals surface area (Å²) in [5.41, 5.74) is 9.37. The number of aliphatic hydroxyl groups is 1. The van der Waals surface area contributed by atoms with E-state index in [9.17, 15) is 18.7 Å². The van der Waals surface area contributed by atoms with E-state index in [0.717, 1.165) is 0 Å². The summed E-state index contributed by atoms with van der Waals surface area (Å²) in [6, 6.07) is 6.58. The molecule has 1 aromatic heterocycles. The highest BCUT2D eigenvalue weighted by atomic mass is 19.1. The number of aromatic nitrogens is 1. The topological polar surface area (TPSA) is 103 Å². The Hall–Kier alpha value is -3.36. The molecule has 0 unspecified atom stereocenters. The molecule has 1 aliphatic heterocycles. The summed E-state index contributed by atoms with van der Waals surface area (Å²) in [4.78, 5) is 17.0. The van der Waals surface area contributed by atoms with Crippen molar-refractivity contribution in [2.24, 2.45) is 5.11 Å². The summed E-state index contributed by atoms with van der Waals surface area (Å²) in [6.07, 6.45) is -1.75. The third-order valence-electron chi connectivity index (χ3n) is 5.51. The highest BCUT2D eigenvalue weighted by Crippen LogP contribution is 2.36. The molecule has 0 spiro atoms. The van der Waals surface area contributed by atoms with Crippen LogP contribution in [0.2, 0.25) is 0 Å². The van der Waals surface area contributed by atoms with Crippen LogP contribution in [0, 0.1) is 11.6 Å². The number of amides is 1. The first-order valence-corrected chi connectivity index (χ1v) is 10.2. The van der Waals surface area contributed by atoms with Crippen molar-refractivity contribution in [3.63, 3.8) is 0 Å². The molecule has 0 saturated carbocycles. The van der Waals surface area contributed by atoms with E-state index in [2.05, 4.69) is 10.0 Å². The third kappa shape index (κ3) is 3.94.